The number of hydrogen-bond donors (Lipinski definition) is 2. The molecule has 1 amide bonds. The molecule has 0 radical (unpaired) electrons. The largest absolute Gasteiger partial charge is 0.496 e. The number of methoxy groups -OCH3 is 2. The van der Waals surface area contributed by atoms with Crippen molar-refractivity contribution in [3.8, 4) is 5.75 Å². The molecular weight excluding hydrogens is 483 g/mol. The second-order valence-corrected chi connectivity index (χ2v) is 6.15. The quantitative estimate of drug-likeness (QED) is 0.332. The van der Waals surface area contributed by atoms with Gasteiger partial charge in [-0.3, -0.25) is 5.32 Å². The van der Waals surface area contributed by atoms with Crippen LogP contribution in [0.4, 0.5) is 10.5 Å². The van der Waals surface area contributed by atoms with Crippen LogP contribution >= 0.6 is 24.0 Å². The maximum absolute atomic E-state index is 11.2. The van der Waals surface area contributed by atoms with Crippen molar-refractivity contribution in [2.45, 2.75) is 20.0 Å². The lowest BCUT2D eigenvalue weighted by molar-refractivity contribution is 0.187. The number of carbonyl (C=O) groups excluding carboxylic acids is 1. The van der Waals surface area contributed by atoms with E-state index < -0.39 is 6.09 Å². The van der Waals surface area contributed by atoms with Crippen LogP contribution in [-0.2, 0) is 17.8 Å². The maximum atomic E-state index is 11.2. The molecule has 7 nitrogen and oxygen atoms in total. The Balaban J connectivity index is 0.00000420. The van der Waals surface area contributed by atoms with Gasteiger partial charge in [-0.2, -0.15) is 0 Å². The Morgan fingerprint density at radius 3 is 2.41 bits per heavy atom. The number of ether oxygens (including phenoxy) is 2. The van der Waals surface area contributed by atoms with Gasteiger partial charge in [0, 0.05) is 31.4 Å². The molecule has 0 saturated carbocycles. The molecule has 0 unspecified atom stereocenters. The zero-order chi connectivity index (χ0) is 20.4. The molecule has 0 heterocycles. The highest BCUT2D eigenvalue weighted by Gasteiger charge is 2.10. The normalized spacial score (nSPS) is 10.6. The van der Waals surface area contributed by atoms with E-state index in [1.54, 1.807) is 7.11 Å². The highest BCUT2D eigenvalue weighted by Crippen LogP contribution is 2.19. The number of hydrogen-bond acceptors (Lipinski definition) is 4. The lowest BCUT2D eigenvalue weighted by Crippen LogP contribution is -2.38. The summed E-state index contributed by atoms with van der Waals surface area (Å²) in [6.45, 7) is 4.02. The predicted molar refractivity (Wildman–Crippen MR) is 127 cm³/mol. The molecule has 0 aliphatic rings. The van der Waals surface area contributed by atoms with Crippen molar-refractivity contribution >= 4 is 41.7 Å². The molecule has 0 aliphatic heterocycles. The van der Waals surface area contributed by atoms with Crippen LogP contribution in [0.5, 0.6) is 5.75 Å². The van der Waals surface area contributed by atoms with E-state index in [-0.39, 0.29) is 24.0 Å². The predicted octanol–water partition coefficient (Wildman–Crippen LogP) is 4.09. The lowest BCUT2D eigenvalue weighted by atomic mass is 10.2. The molecule has 158 valence electrons. The SMILES string of the molecule is CCNC(=NCc1ccc(NC(=O)OC)cc1)N(C)Cc1ccccc1OC.I. The fourth-order valence-electron chi connectivity index (χ4n) is 2.66. The Morgan fingerprint density at radius 1 is 1.10 bits per heavy atom. The molecule has 0 aliphatic carbocycles. The van der Waals surface area contributed by atoms with E-state index in [9.17, 15) is 4.79 Å². The summed E-state index contributed by atoms with van der Waals surface area (Å²) in [5.74, 6) is 1.67. The molecule has 29 heavy (non-hydrogen) atoms. The van der Waals surface area contributed by atoms with Crippen LogP contribution in [0, 0.1) is 0 Å². The number of aliphatic imine (C=N–C) groups is 1. The summed E-state index contributed by atoms with van der Waals surface area (Å²) >= 11 is 0. The molecule has 0 atom stereocenters. The zero-order valence-corrected chi connectivity index (χ0v) is 19.6. The van der Waals surface area contributed by atoms with E-state index in [1.807, 2.05) is 62.5 Å². The average Bonchev–Trinajstić information content (AvgIpc) is 2.72. The minimum atomic E-state index is -0.488. The first kappa shape index (κ1) is 24.5. The van der Waals surface area contributed by atoms with E-state index in [2.05, 4.69) is 20.3 Å². The molecule has 8 heteroatoms. The molecule has 0 bridgehead atoms. The van der Waals surface area contributed by atoms with Gasteiger partial charge in [0.05, 0.1) is 20.8 Å². The van der Waals surface area contributed by atoms with Crippen LogP contribution in [0.25, 0.3) is 0 Å². The molecule has 2 N–H and O–H groups in total. The van der Waals surface area contributed by atoms with Crippen LogP contribution in [0.15, 0.2) is 53.5 Å². The number of carbonyl (C=O) groups is 1. The van der Waals surface area contributed by atoms with E-state index in [1.165, 1.54) is 7.11 Å². The monoisotopic (exact) mass is 512 g/mol. The average molecular weight is 512 g/mol. The van der Waals surface area contributed by atoms with Gasteiger partial charge in [-0.25, -0.2) is 9.79 Å². The standard InChI is InChI=1S/C21H28N4O3.HI/c1-5-22-20(25(2)15-17-8-6-7-9-19(17)27-3)23-14-16-10-12-18(13-11-16)24-21(26)28-4;/h6-13H,5,14-15H2,1-4H3,(H,22,23)(H,24,26);1H. The van der Waals surface area contributed by atoms with Crippen LogP contribution in [0.1, 0.15) is 18.1 Å². The van der Waals surface area contributed by atoms with Gasteiger partial charge in [-0.15, -0.1) is 24.0 Å². The summed E-state index contributed by atoms with van der Waals surface area (Å²) in [7, 11) is 5.01. The van der Waals surface area contributed by atoms with Gasteiger partial charge < -0.3 is 19.7 Å². The van der Waals surface area contributed by atoms with Crippen LogP contribution < -0.4 is 15.4 Å². The topological polar surface area (TPSA) is 75.2 Å². The van der Waals surface area contributed by atoms with Crippen LogP contribution in [0.2, 0.25) is 0 Å². The van der Waals surface area contributed by atoms with Gasteiger partial charge in [0.25, 0.3) is 0 Å². The van der Waals surface area contributed by atoms with Crippen molar-refractivity contribution in [2.24, 2.45) is 4.99 Å². The first-order valence-corrected chi connectivity index (χ1v) is 9.12. The number of nitrogens with zero attached hydrogens (tertiary/aromatic N) is 2. The summed E-state index contributed by atoms with van der Waals surface area (Å²) in [6.07, 6.45) is -0.488. The van der Waals surface area contributed by atoms with E-state index in [0.29, 0.717) is 18.8 Å². The molecule has 2 aromatic rings. The lowest BCUT2D eigenvalue weighted by Gasteiger charge is -2.23. The Hall–Kier alpha value is -2.49. The highest BCUT2D eigenvalue weighted by atomic mass is 127. The number of rotatable bonds is 7. The second-order valence-electron chi connectivity index (χ2n) is 6.15. The van der Waals surface area contributed by atoms with E-state index >= 15 is 0 Å². The van der Waals surface area contributed by atoms with Gasteiger partial charge in [0.1, 0.15) is 5.75 Å². The molecule has 0 aromatic heterocycles. The number of guanidine groups is 1. The summed E-state index contributed by atoms with van der Waals surface area (Å²) in [5, 5.41) is 5.95. The first-order valence-electron chi connectivity index (χ1n) is 9.12. The number of para-hydroxylation sites is 1. The number of halogens is 1. The Labute approximate surface area is 189 Å². The van der Waals surface area contributed by atoms with Crippen molar-refractivity contribution in [1.82, 2.24) is 10.2 Å². The van der Waals surface area contributed by atoms with Gasteiger partial charge in [-0.1, -0.05) is 30.3 Å². The van der Waals surface area contributed by atoms with E-state index in [4.69, 9.17) is 9.73 Å². The maximum Gasteiger partial charge on any atom is 0.411 e. The summed E-state index contributed by atoms with van der Waals surface area (Å²) in [5.41, 5.74) is 2.81. The summed E-state index contributed by atoms with van der Waals surface area (Å²) in [6, 6.07) is 15.5. The van der Waals surface area contributed by atoms with Crippen molar-refractivity contribution in [2.75, 3.05) is 33.1 Å². The third-order valence-electron chi connectivity index (χ3n) is 4.09. The fraction of sp³-hybridized carbons (Fsp3) is 0.333. The Kier molecular flexibility index (Phi) is 10.9. The van der Waals surface area contributed by atoms with Gasteiger partial charge in [-0.05, 0) is 30.7 Å². The van der Waals surface area contributed by atoms with Crippen molar-refractivity contribution in [3.05, 3.63) is 59.7 Å². The molecule has 2 rings (SSSR count). The van der Waals surface area contributed by atoms with Crippen molar-refractivity contribution in [3.63, 3.8) is 0 Å². The minimum Gasteiger partial charge on any atom is -0.496 e. The second kappa shape index (κ2) is 12.9. The van der Waals surface area contributed by atoms with E-state index in [0.717, 1.165) is 29.4 Å². The Bertz CT molecular complexity index is 797. The van der Waals surface area contributed by atoms with Gasteiger partial charge in [0.2, 0.25) is 0 Å². The van der Waals surface area contributed by atoms with Gasteiger partial charge in [0.15, 0.2) is 5.96 Å². The molecule has 0 spiro atoms. The highest BCUT2D eigenvalue weighted by molar-refractivity contribution is 14.0. The number of amides is 1. The minimum absolute atomic E-state index is 0. The van der Waals surface area contributed by atoms with Gasteiger partial charge >= 0.3 is 6.09 Å². The Morgan fingerprint density at radius 2 is 1.79 bits per heavy atom. The third kappa shape index (κ3) is 7.80. The fourth-order valence-corrected chi connectivity index (χ4v) is 2.66. The van der Waals surface area contributed by atoms with Crippen LogP contribution in [-0.4, -0.2) is 44.8 Å². The molecule has 0 fully saturated rings. The zero-order valence-electron chi connectivity index (χ0n) is 17.3. The summed E-state index contributed by atoms with van der Waals surface area (Å²) < 4.78 is 10.0. The van der Waals surface area contributed by atoms with Crippen molar-refractivity contribution < 1.29 is 14.3 Å². The smallest absolute Gasteiger partial charge is 0.411 e. The first-order chi connectivity index (χ1) is 13.6. The molecular formula is C21H29IN4O3. The summed E-state index contributed by atoms with van der Waals surface area (Å²) in [4.78, 5) is 18.0. The number of anilines is 1. The van der Waals surface area contributed by atoms with Crippen molar-refractivity contribution in [1.29, 1.82) is 0 Å². The molecule has 2 aromatic carbocycles. The number of nitrogens with one attached hydrogen (secondary N) is 2. The molecule has 0 saturated heterocycles. The number of benzene rings is 2. The third-order valence-corrected chi connectivity index (χ3v) is 4.09. The van der Waals surface area contributed by atoms with Crippen LogP contribution in [0.3, 0.4) is 0 Å².